The number of rotatable bonds is 6. The van der Waals surface area contributed by atoms with Crippen molar-refractivity contribution in [2.24, 2.45) is 0 Å². The monoisotopic (exact) mass is 728 g/mol. The number of allylic oxidation sites excluding steroid dienone is 2. The summed E-state index contributed by atoms with van der Waals surface area (Å²) in [5.74, 6) is 1.13. The standard InChI is InChI=1S/C42H36Si.2ClH.Zr/c1-27-21-39-35(33-19-17-29-9-3-5-11-31(29)23-33)13-7-15-37(39)41(27)25-43-26-42-28(2)22-40-36(14-8-16-38(40)42)34-20-18-30-10-4-6-12-32(30)24-34;;;/h3-24,41-42H,25-26,43H2,1-2H3;2*1H;/q;;;+2/p-2. The molecule has 0 saturated heterocycles. The van der Waals surface area contributed by atoms with Crippen molar-refractivity contribution in [3.63, 3.8) is 0 Å². The van der Waals surface area contributed by atoms with Gasteiger partial charge in [-0.3, -0.25) is 0 Å². The molecule has 2 aliphatic rings. The number of halogens is 2. The van der Waals surface area contributed by atoms with Crippen LogP contribution in [-0.4, -0.2) is 9.52 Å². The summed E-state index contributed by atoms with van der Waals surface area (Å²) in [6, 6.07) is 47.8. The van der Waals surface area contributed by atoms with Crippen molar-refractivity contribution in [2.75, 3.05) is 0 Å². The van der Waals surface area contributed by atoms with Gasteiger partial charge in [0.25, 0.3) is 0 Å². The molecule has 2 aliphatic carbocycles. The van der Waals surface area contributed by atoms with E-state index in [0.717, 1.165) is 0 Å². The van der Waals surface area contributed by atoms with E-state index in [4.69, 9.17) is 17.0 Å². The van der Waals surface area contributed by atoms with E-state index in [-0.39, 0.29) is 9.52 Å². The first kappa shape index (κ1) is 31.6. The Morgan fingerprint density at radius 3 is 1.37 bits per heavy atom. The molecule has 0 aromatic heterocycles. The molecule has 46 heavy (non-hydrogen) atoms. The third-order valence-electron chi connectivity index (χ3n) is 9.98. The average molecular weight is 731 g/mol. The zero-order chi connectivity index (χ0) is 31.6. The van der Waals surface area contributed by atoms with Crippen LogP contribution in [0.3, 0.4) is 0 Å². The van der Waals surface area contributed by atoms with Crippen molar-refractivity contribution in [1.82, 2.24) is 0 Å². The van der Waals surface area contributed by atoms with E-state index in [9.17, 15) is 0 Å². The Kier molecular flexibility index (Phi) is 9.62. The fraction of sp³-hybridized carbons (Fsp3) is 0.143. The molecule has 0 bridgehead atoms. The molecular weight excluding hydrogens is 695 g/mol. The van der Waals surface area contributed by atoms with Crippen LogP contribution in [0.2, 0.25) is 12.1 Å². The summed E-state index contributed by atoms with van der Waals surface area (Å²) in [5, 5.41) is 5.22. The maximum atomic E-state index is 4.93. The predicted molar refractivity (Wildman–Crippen MR) is 201 cm³/mol. The minimum absolute atomic E-state index is 0.278. The molecule has 0 heterocycles. The van der Waals surface area contributed by atoms with Gasteiger partial charge in [0.05, 0.1) is 0 Å². The van der Waals surface area contributed by atoms with Gasteiger partial charge in [-0.25, -0.2) is 0 Å². The zero-order valence-corrected chi connectivity index (χ0v) is 31.6. The summed E-state index contributed by atoms with van der Waals surface area (Å²) < 4.78 is 0. The Bertz CT molecular complexity index is 1980. The van der Waals surface area contributed by atoms with Crippen LogP contribution >= 0.6 is 17.0 Å². The van der Waals surface area contributed by atoms with Crippen molar-refractivity contribution < 1.29 is 20.8 Å². The molecule has 8 rings (SSSR count). The van der Waals surface area contributed by atoms with E-state index in [1.807, 2.05) is 0 Å². The second-order valence-corrected chi connectivity index (χ2v) is 18.2. The normalized spacial score (nSPS) is 16.6. The first-order valence-corrected chi connectivity index (χ1v) is 24.5. The molecule has 6 aromatic carbocycles. The molecule has 226 valence electrons. The summed E-state index contributed by atoms with van der Waals surface area (Å²) >= 11 is -0.826. The van der Waals surface area contributed by atoms with E-state index in [0.29, 0.717) is 11.8 Å². The van der Waals surface area contributed by atoms with Gasteiger partial charge in [0.15, 0.2) is 0 Å². The molecule has 0 saturated carbocycles. The molecule has 0 nitrogen and oxygen atoms in total. The summed E-state index contributed by atoms with van der Waals surface area (Å²) in [4.78, 5) is 0. The second kappa shape index (κ2) is 14.0. The molecule has 4 heteroatoms. The van der Waals surface area contributed by atoms with Gasteiger partial charge < -0.3 is 0 Å². The molecule has 2 atom stereocenters. The van der Waals surface area contributed by atoms with Crippen LogP contribution in [0.5, 0.6) is 0 Å². The van der Waals surface area contributed by atoms with Crippen molar-refractivity contribution in [2.45, 2.75) is 37.8 Å². The topological polar surface area (TPSA) is 0 Å². The summed E-state index contributed by atoms with van der Waals surface area (Å²) in [5.41, 5.74) is 14.4. The van der Waals surface area contributed by atoms with Gasteiger partial charge in [-0.1, -0.05) is 145 Å². The Morgan fingerprint density at radius 2 is 0.935 bits per heavy atom. The minimum atomic E-state index is -0.826. The third kappa shape index (κ3) is 6.18. The fourth-order valence-corrected chi connectivity index (χ4v) is 10.3. The van der Waals surface area contributed by atoms with Gasteiger partial charge >= 0.3 is 37.9 Å². The molecule has 0 N–H and O–H groups in total. The second-order valence-electron chi connectivity index (χ2n) is 12.6. The van der Waals surface area contributed by atoms with E-state index in [1.54, 1.807) is 0 Å². The summed E-state index contributed by atoms with van der Waals surface area (Å²) in [6.45, 7) is 4.71. The molecule has 0 amide bonds. The van der Waals surface area contributed by atoms with Crippen LogP contribution in [0.15, 0.2) is 132 Å². The van der Waals surface area contributed by atoms with Crippen LogP contribution in [0.25, 0.3) is 56.0 Å². The van der Waals surface area contributed by atoms with E-state index in [2.05, 4.69) is 147 Å². The van der Waals surface area contributed by atoms with E-state index in [1.165, 1.54) is 89.3 Å². The van der Waals surface area contributed by atoms with Crippen molar-refractivity contribution in [1.29, 1.82) is 0 Å². The van der Waals surface area contributed by atoms with E-state index < -0.39 is 20.8 Å². The number of benzene rings is 6. The number of hydrogen-bond donors (Lipinski definition) is 0. The average Bonchev–Trinajstić information content (AvgIpc) is 3.59. The van der Waals surface area contributed by atoms with Gasteiger partial charge in [-0.2, -0.15) is 0 Å². The van der Waals surface area contributed by atoms with Crippen LogP contribution < -0.4 is 0 Å². The van der Waals surface area contributed by atoms with Crippen LogP contribution in [-0.2, 0) is 20.8 Å². The van der Waals surface area contributed by atoms with Crippen LogP contribution in [0.4, 0.5) is 0 Å². The Morgan fingerprint density at radius 1 is 0.522 bits per heavy atom. The van der Waals surface area contributed by atoms with Gasteiger partial charge in [-0.05, 0) is 92.0 Å². The molecule has 0 radical (unpaired) electrons. The SMILES string of the molecule is CC1=Cc2c(-c3ccc4ccccc4c3)cccc2C1C[SiH2]CC1C(C)=Cc2c(-c3ccc4ccccc4c3)cccc21.[Cl][Zr][Cl]. The summed E-state index contributed by atoms with van der Waals surface area (Å²) in [7, 11) is 9.59. The predicted octanol–water partition coefficient (Wildman–Crippen LogP) is 12.4. The Balaban J connectivity index is 0.00000109. The molecule has 0 fully saturated rings. The third-order valence-corrected chi connectivity index (χ3v) is 12.0. The number of hydrogen-bond acceptors (Lipinski definition) is 0. The van der Waals surface area contributed by atoms with Crippen LogP contribution in [0.1, 0.15) is 47.9 Å². The molecule has 0 aliphatic heterocycles. The van der Waals surface area contributed by atoms with Crippen molar-refractivity contribution >= 4 is 60.2 Å². The molecule has 0 spiro atoms. The first-order valence-electron chi connectivity index (χ1n) is 16.1. The zero-order valence-electron chi connectivity index (χ0n) is 26.2. The Labute approximate surface area is 293 Å². The molecule has 2 unspecified atom stereocenters. The van der Waals surface area contributed by atoms with Crippen molar-refractivity contribution in [3.8, 4) is 22.3 Å². The van der Waals surface area contributed by atoms with Gasteiger partial charge in [0.2, 0.25) is 0 Å². The van der Waals surface area contributed by atoms with Crippen molar-refractivity contribution in [3.05, 3.63) is 155 Å². The summed E-state index contributed by atoms with van der Waals surface area (Å²) in [6.07, 6.45) is 4.95. The van der Waals surface area contributed by atoms with Gasteiger partial charge in [-0.15, -0.1) is 0 Å². The van der Waals surface area contributed by atoms with Crippen LogP contribution in [0, 0.1) is 0 Å². The van der Waals surface area contributed by atoms with Gasteiger partial charge in [0, 0.05) is 21.4 Å². The Hall–Kier alpha value is -3.00. The quantitative estimate of drug-likeness (QED) is 0.150. The van der Waals surface area contributed by atoms with Gasteiger partial charge in [0.1, 0.15) is 0 Å². The molecular formula is C42H36Cl2SiZr. The maximum absolute atomic E-state index is 4.93. The number of fused-ring (bicyclic) bond motifs is 4. The molecule has 6 aromatic rings. The van der Waals surface area contributed by atoms with E-state index >= 15 is 0 Å². The first-order chi connectivity index (χ1) is 22.6. The fourth-order valence-electron chi connectivity index (χ4n) is 7.75.